The Balaban J connectivity index is 2.06. The molecule has 0 saturated carbocycles. The van der Waals surface area contributed by atoms with Crippen LogP contribution in [0, 0.1) is 0 Å². The fourth-order valence-electron chi connectivity index (χ4n) is 2.46. The van der Waals surface area contributed by atoms with Gasteiger partial charge in [-0.05, 0) is 63.2 Å². The quantitative estimate of drug-likeness (QED) is 0.647. The summed E-state index contributed by atoms with van der Waals surface area (Å²) in [4.78, 5) is 36.1. The van der Waals surface area contributed by atoms with Crippen molar-refractivity contribution in [3.05, 3.63) is 53.6 Å². The highest BCUT2D eigenvalue weighted by atomic mass is 16.5. The van der Waals surface area contributed by atoms with Crippen LogP contribution in [0.4, 0.5) is 5.69 Å². The maximum atomic E-state index is 12.6. The van der Waals surface area contributed by atoms with E-state index in [9.17, 15) is 14.4 Å². The number of likely N-dealkylation sites (N-methyl/N-ethyl adjacent to an activating group) is 1. The topological polar surface area (TPSA) is 106 Å². The zero-order valence-corrected chi connectivity index (χ0v) is 17.8. The number of hydrogen-bond donors (Lipinski definition) is 3. The van der Waals surface area contributed by atoms with Crippen LogP contribution in [-0.2, 0) is 4.79 Å². The first kappa shape index (κ1) is 22.7. The van der Waals surface area contributed by atoms with Crippen LogP contribution in [0.25, 0.3) is 0 Å². The van der Waals surface area contributed by atoms with Gasteiger partial charge in [0.2, 0.25) is 0 Å². The molecule has 0 saturated heterocycles. The molecule has 2 rings (SSSR count). The van der Waals surface area contributed by atoms with E-state index in [1.165, 1.54) is 20.2 Å². The highest BCUT2D eigenvalue weighted by Crippen LogP contribution is 2.28. The molecule has 3 N–H and O–H groups in total. The van der Waals surface area contributed by atoms with Crippen molar-refractivity contribution in [3.8, 4) is 11.5 Å². The smallest absolute Gasteiger partial charge is 0.257 e. The van der Waals surface area contributed by atoms with E-state index >= 15 is 0 Å². The van der Waals surface area contributed by atoms with Gasteiger partial charge in [-0.25, -0.2) is 0 Å². The summed E-state index contributed by atoms with van der Waals surface area (Å²) < 4.78 is 10.7. The van der Waals surface area contributed by atoms with E-state index in [1.807, 2.05) is 20.8 Å². The second kappa shape index (κ2) is 9.78. The van der Waals surface area contributed by atoms with Gasteiger partial charge in [-0.15, -0.1) is 0 Å². The lowest BCUT2D eigenvalue weighted by atomic mass is 10.1. The van der Waals surface area contributed by atoms with Gasteiger partial charge in [0, 0.05) is 29.4 Å². The van der Waals surface area contributed by atoms with Crippen molar-refractivity contribution in [3.63, 3.8) is 0 Å². The van der Waals surface area contributed by atoms with E-state index in [2.05, 4.69) is 16.0 Å². The normalized spacial score (nSPS) is 10.7. The molecule has 0 aliphatic carbocycles. The van der Waals surface area contributed by atoms with Crippen LogP contribution in [0.3, 0.4) is 0 Å². The number of carbonyl (C=O) groups is 3. The average molecular weight is 413 g/mol. The van der Waals surface area contributed by atoms with E-state index in [1.54, 1.807) is 36.4 Å². The van der Waals surface area contributed by atoms with Gasteiger partial charge in [0.25, 0.3) is 17.7 Å². The van der Waals surface area contributed by atoms with Crippen molar-refractivity contribution in [2.24, 2.45) is 0 Å². The fourth-order valence-corrected chi connectivity index (χ4v) is 2.46. The number of hydrogen-bond acceptors (Lipinski definition) is 5. The molecule has 2 aromatic rings. The zero-order valence-electron chi connectivity index (χ0n) is 17.8. The minimum atomic E-state index is -0.349. The highest BCUT2D eigenvalue weighted by molar-refractivity contribution is 6.05. The molecule has 0 unspecified atom stereocenters. The van der Waals surface area contributed by atoms with E-state index in [-0.39, 0.29) is 29.9 Å². The van der Waals surface area contributed by atoms with Gasteiger partial charge in [0.1, 0.15) is 0 Å². The number of rotatable bonds is 7. The lowest BCUT2D eigenvalue weighted by Crippen LogP contribution is -2.40. The zero-order chi connectivity index (χ0) is 22.3. The third kappa shape index (κ3) is 6.51. The number of ether oxygens (including phenoxy) is 2. The fraction of sp³-hybridized carbons (Fsp3) is 0.318. The van der Waals surface area contributed by atoms with Crippen LogP contribution in [0.15, 0.2) is 42.5 Å². The molecular formula is C22H27N3O5. The van der Waals surface area contributed by atoms with Gasteiger partial charge in [0.15, 0.2) is 18.1 Å². The predicted octanol–water partition coefficient (Wildman–Crippen LogP) is 2.60. The lowest BCUT2D eigenvalue weighted by molar-refractivity contribution is -0.122. The van der Waals surface area contributed by atoms with Gasteiger partial charge in [-0.1, -0.05) is 0 Å². The summed E-state index contributed by atoms with van der Waals surface area (Å²) in [6.07, 6.45) is 0. The van der Waals surface area contributed by atoms with Crippen LogP contribution in [0.1, 0.15) is 41.5 Å². The number of anilines is 1. The molecule has 0 atom stereocenters. The van der Waals surface area contributed by atoms with Crippen LogP contribution < -0.4 is 25.4 Å². The molecule has 8 heteroatoms. The maximum absolute atomic E-state index is 12.6. The van der Waals surface area contributed by atoms with E-state index in [0.717, 1.165) is 0 Å². The molecule has 0 aliphatic heterocycles. The Labute approximate surface area is 175 Å². The first-order valence-electron chi connectivity index (χ1n) is 9.38. The molecule has 0 bridgehead atoms. The molecule has 0 radical (unpaired) electrons. The number of amides is 3. The second-order valence-corrected chi connectivity index (χ2v) is 7.56. The summed E-state index contributed by atoms with van der Waals surface area (Å²) in [5, 5.41) is 8.11. The first-order chi connectivity index (χ1) is 14.1. The molecule has 8 nitrogen and oxygen atoms in total. The Morgan fingerprint density at radius 1 is 0.900 bits per heavy atom. The summed E-state index contributed by atoms with van der Waals surface area (Å²) >= 11 is 0. The summed E-state index contributed by atoms with van der Waals surface area (Å²) in [5.41, 5.74) is 1.07. The third-order valence-electron chi connectivity index (χ3n) is 3.96. The molecule has 160 valence electrons. The summed E-state index contributed by atoms with van der Waals surface area (Å²) in [6, 6.07) is 11.3. The van der Waals surface area contributed by atoms with Gasteiger partial charge < -0.3 is 25.4 Å². The monoisotopic (exact) mass is 413 g/mol. The maximum Gasteiger partial charge on any atom is 0.257 e. The second-order valence-electron chi connectivity index (χ2n) is 7.56. The number of benzene rings is 2. The molecule has 30 heavy (non-hydrogen) atoms. The van der Waals surface area contributed by atoms with E-state index < -0.39 is 0 Å². The van der Waals surface area contributed by atoms with E-state index in [4.69, 9.17) is 9.47 Å². The number of methoxy groups -OCH3 is 1. The Hall–Kier alpha value is -3.55. The van der Waals surface area contributed by atoms with Crippen molar-refractivity contribution >= 4 is 23.4 Å². The van der Waals surface area contributed by atoms with Crippen LogP contribution in [0.2, 0.25) is 0 Å². The third-order valence-corrected chi connectivity index (χ3v) is 3.96. The van der Waals surface area contributed by atoms with Gasteiger partial charge >= 0.3 is 0 Å². The molecule has 3 amide bonds. The van der Waals surface area contributed by atoms with Crippen LogP contribution in [0.5, 0.6) is 11.5 Å². The molecule has 0 heterocycles. The molecule has 0 aromatic heterocycles. The van der Waals surface area contributed by atoms with Crippen molar-refractivity contribution in [2.45, 2.75) is 26.3 Å². The van der Waals surface area contributed by atoms with Crippen LogP contribution in [-0.4, -0.2) is 44.0 Å². The molecule has 0 spiro atoms. The van der Waals surface area contributed by atoms with Gasteiger partial charge in [0.05, 0.1) is 7.11 Å². The standard InChI is InChI=1S/C22H27N3O5/c1-22(2,3)25-21(28)14-6-9-16(10-7-14)24-20(27)15-8-11-17(18(12-15)29-5)30-13-19(26)23-4/h6-12H,13H2,1-5H3,(H,23,26)(H,24,27)(H,25,28). The number of nitrogens with one attached hydrogen (secondary N) is 3. The van der Waals surface area contributed by atoms with Crippen molar-refractivity contribution in [2.75, 3.05) is 26.1 Å². The molecular weight excluding hydrogens is 386 g/mol. The van der Waals surface area contributed by atoms with Crippen LogP contribution >= 0.6 is 0 Å². The minimum absolute atomic E-state index is 0.159. The SMILES string of the molecule is CNC(=O)COc1ccc(C(=O)Nc2ccc(C(=O)NC(C)(C)C)cc2)cc1OC. The van der Waals surface area contributed by atoms with Crippen molar-refractivity contribution in [1.29, 1.82) is 0 Å². The Kier molecular flexibility index (Phi) is 7.41. The minimum Gasteiger partial charge on any atom is -0.493 e. The lowest BCUT2D eigenvalue weighted by Gasteiger charge is -2.20. The molecule has 0 fully saturated rings. The van der Waals surface area contributed by atoms with Gasteiger partial charge in [-0.3, -0.25) is 14.4 Å². The summed E-state index contributed by atoms with van der Waals surface area (Å²) in [5.74, 6) is -0.124. The first-order valence-corrected chi connectivity index (χ1v) is 9.38. The largest absolute Gasteiger partial charge is 0.493 e. The Bertz CT molecular complexity index is 917. The summed E-state index contributed by atoms with van der Waals surface area (Å²) in [7, 11) is 2.96. The van der Waals surface area contributed by atoms with Crippen molar-refractivity contribution in [1.82, 2.24) is 10.6 Å². The average Bonchev–Trinajstić information content (AvgIpc) is 2.70. The number of carbonyl (C=O) groups excluding carboxylic acids is 3. The Morgan fingerprint density at radius 2 is 1.53 bits per heavy atom. The summed E-state index contributed by atoms with van der Waals surface area (Å²) in [6.45, 7) is 5.56. The predicted molar refractivity (Wildman–Crippen MR) is 114 cm³/mol. The van der Waals surface area contributed by atoms with E-state index in [0.29, 0.717) is 28.3 Å². The Morgan fingerprint density at radius 3 is 2.10 bits per heavy atom. The molecule has 2 aromatic carbocycles. The highest BCUT2D eigenvalue weighted by Gasteiger charge is 2.16. The van der Waals surface area contributed by atoms with Gasteiger partial charge in [-0.2, -0.15) is 0 Å². The van der Waals surface area contributed by atoms with Crippen molar-refractivity contribution < 1.29 is 23.9 Å². The molecule has 0 aliphatic rings.